The van der Waals surface area contributed by atoms with Crippen LogP contribution in [0.4, 0.5) is 0 Å². The summed E-state index contributed by atoms with van der Waals surface area (Å²) in [6.07, 6.45) is 17.6. The van der Waals surface area contributed by atoms with E-state index in [4.69, 9.17) is 5.26 Å². The predicted octanol–water partition coefficient (Wildman–Crippen LogP) is 5.80. The van der Waals surface area contributed by atoms with Crippen LogP contribution in [0.25, 0.3) is 0 Å². The number of rotatable bonds is 14. The number of unbranched alkanes of at least 4 members (excludes halogenated alkanes) is 9. The second-order valence-corrected chi connectivity index (χ2v) is 5.99. The number of hydrogen-bond donors (Lipinski definition) is 0. The van der Waals surface area contributed by atoms with Crippen LogP contribution in [0.3, 0.4) is 0 Å². The van der Waals surface area contributed by atoms with Crippen LogP contribution in [0.5, 0.6) is 0 Å². The molecule has 0 fully saturated rings. The fraction of sp³-hybridized carbons (Fsp3) is 0.941. The van der Waals surface area contributed by atoms with Gasteiger partial charge in [0.25, 0.3) is 7.28 Å². The van der Waals surface area contributed by atoms with Gasteiger partial charge in [0.1, 0.15) is 0 Å². The third kappa shape index (κ3) is 13.8. The Morgan fingerprint density at radius 1 is 0.737 bits per heavy atom. The summed E-state index contributed by atoms with van der Waals surface area (Å²) in [5, 5.41) is 8.90. The summed E-state index contributed by atoms with van der Waals surface area (Å²) in [5.41, 5.74) is 0. The first-order valence-electron chi connectivity index (χ1n) is 8.72. The summed E-state index contributed by atoms with van der Waals surface area (Å²) in [6, 6.07) is 0. The van der Waals surface area contributed by atoms with Crippen LogP contribution in [0.1, 0.15) is 97.3 Å². The Morgan fingerprint density at radius 3 is 1.58 bits per heavy atom. The summed E-state index contributed by atoms with van der Waals surface area (Å²) in [5.74, 6) is 3.06. The highest BCUT2D eigenvalue weighted by atomic mass is 14.2. The number of hydrogen-bond acceptors (Lipinski definition) is 1. The number of nitriles is 1. The van der Waals surface area contributed by atoms with Gasteiger partial charge >= 0.3 is 0 Å². The van der Waals surface area contributed by atoms with Crippen molar-refractivity contribution in [3.63, 3.8) is 0 Å². The van der Waals surface area contributed by atoms with Gasteiger partial charge in [-0.3, -0.25) is 0 Å². The zero-order valence-corrected chi connectivity index (χ0v) is 13.4. The summed E-state index contributed by atoms with van der Waals surface area (Å²) in [7, 11) is 0.780. The first kappa shape index (κ1) is 18.6. The summed E-state index contributed by atoms with van der Waals surface area (Å²) in [4.78, 5) is 0. The average molecular weight is 263 g/mol. The molecule has 19 heavy (non-hydrogen) atoms. The lowest BCUT2D eigenvalue weighted by molar-refractivity contribution is 0.536. The summed E-state index contributed by atoms with van der Waals surface area (Å²) >= 11 is 0. The molecule has 0 aromatic heterocycles. The second kappa shape index (κ2) is 15.6. The SMILES string of the molecule is CCCCCCCCC(BC#N)CCCCCCC. The third-order valence-corrected chi connectivity index (χ3v) is 4.06. The molecule has 0 aliphatic heterocycles. The van der Waals surface area contributed by atoms with Gasteiger partial charge in [0.15, 0.2) is 0 Å². The van der Waals surface area contributed by atoms with E-state index in [1.54, 1.807) is 0 Å². The van der Waals surface area contributed by atoms with Crippen LogP contribution in [0, 0.1) is 11.2 Å². The van der Waals surface area contributed by atoms with Gasteiger partial charge in [-0.25, -0.2) is 5.26 Å². The van der Waals surface area contributed by atoms with E-state index in [-0.39, 0.29) is 0 Å². The van der Waals surface area contributed by atoms with Gasteiger partial charge < -0.3 is 0 Å². The van der Waals surface area contributed by atoms with E-state index >= 15 is 0 Å². The van der Waals surface area contributed by atoms with Crippen LogP contribution in [-0.4, -0.2) is 7.28 Å². The molecule has 0 bridgehead atoms. The van der Waals surface area contributed by atoms with Gasteiger partial charge in [-0.2, -0.15) is 0 Å². The topological polar surface area (TPSA) is 23.8 Å². The van der Waals surface area contributed by atoms with Crippen molar-refractivity contribution in [2.45, 2.75) is 103 Å². The molecule has 0 aliphatic rings. The van der Waals surface area contributed by atoms with Gasteiger partial charge in [-0.15, -0.1) is 0 Å². The lowest BCUT2D eigenvalue weighted by Crippen LogP contribution is -2.02. The molecule has 1 atom stereocenters. The van der Waals surface area contributed by atoms with E-state index in [2.05, 4.69) is 19.8 Å². The summed E-state index contributed by atoms with van der Waals surface area (Å²) < 4.78 is 0. The molecule has 0 heterocycles. The monoisotopic (exact) mass is 263 g/mol. The Bertz CT molecular complexity index is 210. The van der Waals surface area contributed by atoms with Gasteiger partial charge in [0, 0.05) is 0 Å². The molecule has 0 aliphatic carbocycles. The lowest BCUT2D eigenvalue weighted by atomic mass is 9.62. The minimum absolute atomic E-state index is 0.679. The largest absolute Gasteiger partial charge is 0.253 e. The predicted molar refractivity (Wildman–Crippen MR) is 87.9 cm³/mol. The molecule has 0 amide bonds. The second-order valence-electron chi connectivity index (χ2n) is 5.99. The Hall–Kier alpha value is -0.445. The van der Waals surface area contributed by atoms with Gasteiger partial charge in [-0.1, -0.05) is 103 Å². The van der Waals surface area contributed by atoms with Crippen LogP contribution < -0.4 is 0 Å². The fourth-order valence-electron chi connectivity index (χ4n) is 2.73. The molecule has 0 spiro atoms. The maximum Gasteiger partial charge on any atom is 0.253 e. The van der Waals surface area contributed by atoms with Crippen molar-refractivity contribution in [3.05, 3.63) is 0 Å². The number of nitrogens with zero attached hydrogens (tertiary/aromatic N) is 1. The maximum atomic E-state index is 8.90. The molecule has 0 N–H and O–H groups in total. The third-order valence-electron chi connectivity index (χ3n) is 4.06. The van der Waals surface area contributed by atoms with Gasteiger partial charge in [-0.05, 0) is 5.97 Å². The molecule has 1 nitrogen and oxygen atoms in total. The molecule has 0 aromatic carbocycles. The molecule has 1 unspecified atom stereocenters. The van der Waals surface area contributed by atoms with Crippen molar-refractivity contribution in [3.8, 4) is 5.97 Å². The lowest BCUT2D eigenvalue weighted by Gasteiger charge is -2.12. The van der Waals surface area contributed by atoms with Crippen molar-refractivity contribution in [1.29, 1.82) is 5.26 Å². The Kier molecular flexibility index (Phi) is 15.2. The first-order chi connectivity index (χ1) is 9.35. The van der Waals surface area contributed by atoms with Crippen LogP contribution in [0.15, 0.2) is 0 Å². The van der Waals surface area contributed by atoms with E-state index in [1.165, 1.54) is 83.5 Å². The first-order valence-corrected chi connectivity index (χ1v) is 8.72. The fourth-order valence-corrected chi connectivity index (χ4v) is 2.73. The molecule has 0 saturated heterocycles. The van der Waals surface area contributed by atoms with Crippen molar-refractivity contribution in [2.24, 2.45) is 0 Å². The van der Waals surface area contributed by atoms with Crippen molar-refractivity contribution in [1.82, 2.24) is 0 Å². The van der Waals surface area contributed by atoms with Crippen LogP contribution in [0.2, 0.25) is 5.82 Å². The van der Waals surface area contributed by atoms with Crippen molar-refractivity contribution in [2.75, 3.05) is 0 Å². The summed E-state index contributed by atoms with van der Waals surface area (Å²) in [6.45, 7) is 4.53. The maximum absolute atomic E-state index is 8.90. The van der Waals surface area contributed by atoms with Crippen LogP contribution >= 0.6 is 0 Å². The molecular formula is C17H34BN. The van der Waals surface area contributed by atoms with Crippen LogP contribution in [-0.2, 0) is 0 Å². The molecule has 0 saturated carbocycles. The molecule has 0 radical (unpaired) electrons. The minimum Gasteiger partial charge on any atom is -0.213 e. The van der Waals surface area contributed by atoms with E-state index in [0.29, 0.717) is 5.82 Å². The smallest absolute Gasteiger partial charge is 0.213 e. The standard InChI is InChI=1S/C17H34BN/c1-3-5-7-9-11-13-15-17(18-16-19)14-12-10-8-6-4-2/h17-18H,3-15H2,1-2H3. The van der Waals surface area contributed by atoms with E-state index in [0.717, 1.165) is 7.28 Å². The molecule has 2 heteroatoms. The van der Waals surface area contributed by atoms with Crippen molar-refractivity contribution >= 4 is 7.28 Å². The molecular weight excluding hydrogens is 229 g/mol. The normalized spacial score (nSPS) is 12.1. The van der Waals surface area contributed by atoms with Gasteiger partial charge in [0.2, 0.25) is 0 Å². The average Bonchev–Trinajstić information content (AvgIpc) is 2.42. The highest BCUT2D eigenvalue weighted by molar-refractivity contribution is 6.46. The van der Waals surface area contributed by atoms with E-state index in [9.17, 15) is 0 Å². The van der Waals surface area contributed by atoms with E-state index in [1.807, 2.05) is 0 Å². The Balaban J connectivity index is 3.48. The molecule has 0 aromatic rings. The Morgan fingerprint density at radius 2 is 1.16 bits per heavy atom. The minimum atomic E-state index is 0.679. The van der Waals surface area contributed by atoms with Crippen molar-refractivity contribution < 1.29 is 0 Å². The highest BCUT2D eigenvalue weighted by Crippen LogP contribution is 2.22. The Labute approximate surface area is 122 Å². The van der Waals surface area contributed by atoms with Gasteiger partial charge in [0.05, 0.1) is 0 Å². The molecule has 110 valence electrons. The zero-order valence-electron chi connectivity index (χ0n) is 13.4. The zero-order chi connectivity index (χ0) is 14.2. The highest BCUT2D eigenvalue weighted by Gasteiger charge is 2.09. The molecule has 0 rings (SSSR count). The quantitative estimate of drug-likeness (QED) is 0.287. The van der Waals surface area contributed by atoms with E-state index < -0.39 is 0 Å².